The monoisotopic (exact) mass is 331 g/mol. The largest absolute Gasteiger partial charge is 0.341 e. The van der Waals surface area contributed by atoms with E-state index < -0.39 is 0 Å². The predicted octanol–water partition coefficient (Wildman–Crippen LogP) is 1.81. The molecular formula is C19H26FN3O. The molecule has 0 unspecified atom stereocenters. The first-order valence-electron chi connectivity index (χ1n) is 9.17. The van der Waals surface area contributed by atoms with E-state index in [1.165, 1.54) is 38.1 Å². The number of amides is 1. The number of hydrogen-bond acceptors (Lipinski definition) is 3. The maximum absolute atomic E-state index is 13.0. The average Bonchev–Trinajstić information content (AvgIpc) is 3.27. The summed E-state index contributed by atoms with van der Waals surface area (Å²) in [5.74, 6) is 0.794. The SMILES string of the molecule is O=C1[C@H]2CN(Cc3ccc(F)cc3)C[C@H]2CN1CCN1CCCC1. The van der Waals surface area contributed by atoms with Crippen LogP contribution in [0.2, 0.25) is 0 Å². The molecule has 3 fully saturated rings. The van der Waals surface area contributed by atoms with Gasteiger partial charge in [-0.2, -0.15) is 0 Å². The Morgan fingerprint density at radius 3 is 2.42 bits per heavy atom. The summed E-state index contributed by atoms with van der Waals surface area (Å²) in [6.07, 6.45) is 2.61. The molecule has 0 N–H and O–H groups in total. The van der Waals surface area contributed by atoms with Gasteiger partial charge in [-0.3, -0.25) is 9.69 Å². The van der Waals surface area contributed by atoms with Crippen LogP contribution in [-0.4, -0.2) is 66.4 Å². The second kappa shape index (κ2) is 6.81. The lowest BCUT2D eigenvalue weighted by atomic mass is 10.0. The maximum Gasteiger partial charge on any atom is 0.227 e. The predicted molar refractivity (Wildman–Crippen MR) is 90.9 cm³/mol. The number of hydrogen-bond donors (Lipinski definition) is 0. The van der Waals surface area contributed by atoms with E-state index in [0.29, 0.717) is 11.8 Å². The van der Waals surface area contributed by atoms with Gasteiger partial charge in [-0.25, -0.2) is 4.39 Å². The zero-order chi connectivity index (χ0) is 16.5. The molecule has 5 heteroatoms. The number of carbonyl (C=O) groups is 1. The molecule has 0 spiro atoms. The highest BCUT2D eigenvalue weighted by Crippen LogP contribution is 2.33. The second-order valence-electron chi connectivity index (χ2n) is 7.52. The highest BCUT2D eigenvalue weighted by atomic mass is 19.1. The lowest BCUT2D eigenvalue weighted by molar-refractivity contribution is -0.131. The van der Waals surface area contributed by atoms with E-state index in [1.807, 2.05) is 12.1 Å². The van der Waals surface area contributed by atoms with Gasteiger partial charge in [-0.1, -0.05) is 12.1 Å². The highest BCUT2D eigenvalue weighted by Gasteiger charge is 2.45. The van der Waals surface area contributed by atoms with Gasteiger partial charge in [0.25, 0.3) is 0 Å². The molecule has 24 heavy (non-hydrogen) atoms. The summed E-state index contributed by atoms with van der Waals surface area (Å²) in [5.41, 5.74) is 1.12. The van der Waals surface area contributed by atoms with Gasteiger partial charge in [-0.05, 0) is 43.6 Å². The van der Waals surface area contributed by atoms with Crippen LogP contribution in [0.25, 0.3) is 0 Å². The molecule has 0 aliphatic carbocycles. The summed E-state index contributed by atoms with van der Waals surface area (Å²) in [5, 5.41) is 0. The third-order valence-electron chi connectivity index (χ3n) is 5.80. The van der Waals surface area contributed by atoms with Crippen molar-refractivity contribution in [2.45, 2.75) is 19.4 Å². The van der Waals surface area contributed by atoms with E-state index in [1.54, 1.807) is 0 Å². The molecule has 0 radical (unpaired) electrons. The molecule has 3 saturated heterocycles. The third-order valence-corrected chi connectivity index (χ3v) is 5.80. The number of likely N-dealkylation sites (tertiary alicyclic amines) is 3. The van der Waals surface area contributed by atoms with Crippen LogP contribution in [0.5, 0.6) is 0 Å². The van der Waals surface area contributed by atoms with Crippen molar-refractivity contribution < 1.29 is 9.18 Å². The fraction of sp³-hybridized carbons (Fsp3) is 0.632. The number of nitrogens with zero attached hydrogens (tertiary/aromatic N) is 3. The summed E-state index contributed by atoms with van der Waals surface area (Å²) >= 11 is 0. The summed E-state index contributed by atoms with van der Waals surface area (Å²) in [7, 11) is 0. The Kier molecular flexibility index (Phi) is 4.55. The van der Waals surface area contributed by atoms with Gasteiger partial charge in [-0.15, -0.1) is 0 Å². The van der Waals surface area contributed by atoms with E-state index in [9.17, 15) is 9.18 Å². The van der Waals surface area contributed by atoms with Gasteiger partial charge in [0.15, 0.2) is 0 Å². The van der Waals surface area contributed by atoms with Crippen LogP contribution in [0.3, 0.4) is 0 Å². The van der Waals surface area contributed by atoms with Crippen molar-refractivity contribution in [1.82, 2.24) is 14.7 Å². The number of fused-ring (bicyclic) bond motifs is 1. The Hall–Kier alpha value is -1.46. The molecule has 1 aromatic rings. The van der Waals surface area contributed by atoms with Crippen molar-refractivity contribution in [2.75, 3.05) is 45.8 Å². The van der Waals surface area contributed by atoms with Gasteiger partial charge in [0.05, 0.1) is 5.92 Å². The Bertz CT molecular complexity index is 585. The lowest BCUT2D eigenvalue weighted by Gasteiger charge is -2.24. The molecule has 0 aromatic heterocycles. The topological polar surface area (TPSA) is 26.8 Å². The van der Waals surface area contributed by atoms with Crippen molar-refractivity contribution in [3.05, 3.63) is 35.6 Å². The van der Waals surface area contributed by atoms with Gasteiger partial charge >= 0.3 is 0 Å². The number of halogens is 1. The van der Waals surface area contributed by atoms with E-state index in [4.69, 9.17) is 0 Å². The zero-order valence-electron chi connectivity index (χ0n) is 14.2. The van der Waals surface area contributed by atoms with Crippen molar-refractivity contribution in [1.29, 1.82) is 0 Å². The fourth-order valence-electron chi connectivity index (χ4n) is 4.48. The molecular weight excluding hydrogens is 305 g/mol. The van der Waals surface area contributed by atoms with Crippen molar-refractivity contribution in [2.24, 2.45) is 11.8 Å². The first kappa shape index (κ1) is 16.0. The van der Waals surface area contributed by atoms with E-state index in [-0.39, 0.29) is 11.7 Å². The van der Waals surface area contributed by atoms with Crippen LogP contribution >= 0.6 is 0 Å². The van der Waals surface area contributed by atoms with Crippen molar-refractivity contribution in [3.8, 4) is 0 Å². The molecule has 130 valence electrons. The molecule has 3 heterocycles. The van der Waals surface area contributed by atoms with Gasteiger partial charge in [0, 0.05) is 45.2 Å². The normalized spacial score (nSPS) is 28.0. The minimum Gasteiger partial charge on any atom is -0.341 e. The molecule has 1 aromatic carbocycles. The fourth-order valence-corrected chi connectivity index (χ4v) is 4.48. The van der Waals surface area contributed by atoms with Crippen molar-refractivity contribution >= 4 is 5.91 Å². The molecule has 3 aliphatic heterocycles. The Morgan fingerprint density at radius 1 is 0.958 bits per heavy atom. The molecule has 0 bridgehead atoms. The third kappa shape index (κ3) is 3.33. The number of carbonyl (C=O) groups excluding carboxylic acids is 1. The average molecular weight is 331 g/mol. The van der Waals surface area contributed by atoms with Gasteiger partial charge in [0.1, 0.15) is 5.82 Å². The lowest BCUT2D eigenvalue weighted by Crippen LogP contribution is -2.37. The summed E-state index contributed by atoms with van der Waals surface area (Å²) in [4.78, 5) is 19.6. The Labute approximate surface area is 143 Å². The van der Waals surface area contributed by atoms with Crippen LogP contribution in [0.4, 0.5) is 4.39 Å². The molecule has 4 nitrogen and oxygen atoms in total. The molecule has 4 rings (SSSR count). The minimum atomic E-state index is -0.194. The van der Waals surface area contributed by atoms with Crippen LogP contribution in [0.15, 0.2) is 24.3 Å². The number of rotatable bonds is 5. The summed E-state index contributed by atoms with van der Waals surface area (Å²) in [6.45, 7) is 7.87. The molecule has 1 amide bonds. The summed E-state index contributed by atoms with van der Waals surface area (Å²) in [6, 6.07) is 6.70. The van der Waals surface area contributed by atoms with E-state index in [0.717, 1.165) is 44.8 Å². The van der Waals surface area contributed by atoms with Crippen LogP contribution < -0.4 is 0 Å². The van der Waals surface area contributed by atoms with E-state index in [2.05, 4.69) is 14.7 Å². The first-order valence-corrected chi connectivity index (χ1v) is 9.17. The standard InChI is InChI=1S/C19H26FN3O/c20-17-5-3-15(4-6-17)11-22-12-16-13-23(19(24)18(16)14-22)10-9-21-7-1-2-8-21/h3-6,16,18H,1-2,7-14H2/t16-,18-/m0/s1. The molecule has 3 aliphatic rings. The maximum atomic E-state index is 13.0. The smallest absolute Gasteiger partial charge is 0.227 e. The van der Waals surface area contributed by atoms with Crippen LogP contribution in [0, 0.1) is 17.7 Å². The van der Waals surface area contributed by atoms with Gasteiger partial charge in [0.2, 0.25) is 5.91 Å². The Morgan fingerprint density at radius 2 is 1.71 bits per heavy atom. The number of benzene rings is 1. The van der Waals surface area contributed by atoms with E-state index >= 15 is 0 Å². The van der Waals surface area contributed by atoms with Crippen LogP contribution in [-0.2, 0) is 11.3 Å². The van der Waals surface area contributed by atoms with Crippen LogP contribution in [0.1, 0.15) is 18.4 Å². The summed E-state index contributed by atoms with van der Waals surface area (Å²) < 4.78 is 13.0. The second-order valence-corrected chi connectivity index (χ2v) is 7.52. The zero-order valence-corrected chi connectivity index (χ0v) is 14.2. The van der Waals surface area contributed by atoms with Gasteiger partial charge < -0.3 is 9.80 Å². The van der Waals surface area contributed by atoms with Crippen molar-refractivity contribution in [3.63, 3.8) is 0 Å². The molecule has 0 saturated carbocycles. The Balaban J connectivity index is 1.28. The first-order chi connectivity index (χ1) is 11.7. The molecule has 2 atom stereocenters. The quantitative estimate of drug-likeness (QED) is 0.823. The minimum absolute atomic E-state index is 0.170. The highest BCUT2D eigenvalue weighted by molar-refractivity contribution is 5.82.